The smallest absolute Gasteiger partial charge is 0.410 e. The van der Waals surface area contributed by atoms with E-state index in [0.29, 0.717) is 38.5 Å². The first-order valence-electron chi connectivity index (χ1n) is 18.6. The van der Waals surface area contributed by atoms with Crippen LogP contribution in [0, 0.1) is 0 Å². The molecule has 3 aliphatic heterocycles. The summed E-state index contributed by atoms with van der Waals surface area (Å²) in [5, 5.41) is 9.93. The fourth-order valence-corrected chi connectivity index (χ4v) is 7.94. The van der Waals surface area contributed by atoms with Crippen LogP contribution in [0.3, 0.4) is 0 Å². The fourth-order valence-electron chi connectivity index (χ4n) is 7.94. The Hall–Kier alpha value is -4.80. The summed E-state index contributed by atoms with van der Waals surface area (Å²) in [6, 6.07) is 14.8. The van der Waals surface area contributed by atoms with Gasteiger partial charge in [-0.05, 0) is 99.6 Å². The molecule has 4 aliphatic rings. The number of aromatic nitrogens is 4. The maximum atomic E-state index is 13.4. The van der Waals surface area contributed by atoms with Gasteiger partial charge in [-0.25, -0.2) is 9.59 Å². The van der Waals surface area contributed by atoms with E-state index in [4.69, 9.17) is 14.6 Å². The number of rotatable bonds is 6. The van der Waals surface area contributed by atoms with Crippen molar-refractivity contribution in [1.82, 2.24) is 29.4 Å². The quantitative estimate of drug-likeness (QED) is 0.206. The Balaban J connectivity index is 1.09. The summed E-state index contributed by atoms with van der Waals surface area (Å²) in [5.74, 6) is 1.51. The lowest BCUT2D eigenvalue weighted by Gasteiger charge is -2.34. The number of likely N-dealkylation sites (tertiary alicyclic amines) is 1. The molecule has 4 aromatic rings. The Morgan fingerprint density at radius 1 is 0.922 bits per heavy atom. The Kier molecular flexibility index (Phi) is 8.76. The van der Waals surface area contributed by atoms with E-state index in [0.717, 1.165) is 49.2 Å². The molecule has 0 radical (unpaired) electrons. The molecule has 2 aromatic carbocycles. The molecule has 1 aliphatic carbocycles. The van der Waals surface area contributed by atoms with E-state index >= 15 is 0 Å². The number of nitrogens with zero attached hydrogens (tertiary/aromatic N) is 7. The van der Waals surface area contributed by atoms with Crippen LogP contribution in [0.1, 0.15) is 92.8 Å². The van der Waals surface area contributed by atoms with Gasteiger partial charge in [-0.1, -0.05) is 30.3 Å². The second-order valence-corrected chi connectivity index (χ2v) is 15.6. The van der Waals surface area contributed by atoms with E-state index in [9.17, 15) is 9.59 Å². The highest BCUT2D eigenvalue weighted by Crippen LogP contribution is 2.49. The highest BCUT2D eigenvalue weighted by Gasteiger charge is 2.37. The van der Waals surface area contributed by atoms with Crippen molar-refractivity contribution in [3.8, 4) is 11.1 Å². The van der Waals surface area contributed by atoms with E-state index < -0.39 is 5.60 Å². The zero-order chi connectivity index (χ0) is 35.3. The molecule has 2 aromatic heterocycles. The second-order valence-electron chi connectivity index (χ2n) is 15.6. The zero-order valence-corrected chi connectivity index (χ0v) is 30.3. The molecular formula is C40H49N7O4. The Morgan fingerprint density at radius 2 is 1.71 bits per heavy atom. The topological polar surface area (TPSA) is 98.0 Å². The zero-order valence-electron chi connectivity index (χ0n) is 30.3. The molecule has 1 saturated heterocycles. The third kappa shape index (κ3) is 6.95. The number of fused-ring (bicyclic) bond motifs is 2. The van der Waals surface area contributed by atoms with Crippen molar-refractivity contribution in [2.45, 2.75) is 96.4 Å². The number of ether oxygens (including phenoxy) is 2. The summed E-state index contributed by atoms with van der Waals surface area (Å²) in [5.41, 5.74) is 9.12. The minimum Gasteiger partial charge on any atom is -0.445 e. The molecule has 0 unspecified atom stereocenters. The van der Waals surface area contributed by atoms with Crippen molar-refractivity contribution in [2.24, 2.45) is 7.05 Å². The molecule has 2 amide bonds. The van der Waals surface area contributed by atoms with Crippen molar-refractivity contribution in [1.29, 1.82) is 0 Å². The van der Waals surface area contributed by atoms with Crippen molar-refractivity contribution in [3.05, 3.63) is 82.8 Å². The standard InChI is InChI=1S/C40H49N7O4/c1-40(2,3)51-39(49)45-20-16-35-34(25-45)37(42-47(35)31-14-18-44(19-15-31)38(48)50-26-27-9-6-5-7-10-27)46-17-8-11-29-21-32(30-23-41-43(4)24-30)33(22-36(29)46)28-12-13-28/h5-7,9-10,21-24,28,31H,8,11-20,25-26H2,1-4H3. The van der Waals surface area contributed by atoms with Crippen molar-refractivity contribution < 1.29 is 19.1 Å². The number of anilines is 2. The van der Waals surface area contributed by atoms with Gasteiger partial charge in [0.15, 0.2) is 5.82 Å². The predicted octanol–water partition coefficient (Wildman–Crippen LogP) is 7.51. The molecular weight excluding hydrogens is 642 g/mol. The molecule has 0 bridgehead atoms. The van der Waals surface area contributed by atoms with Gasteiger partial charge >= 0.3 is 12.2 Å². The molecule has 11 nitrogen and oxygen atoms in total. The third-order valence-corrected chi connectivity index (χ3v) is 10.6. The van der Waals surface area contributed by atoms with E-state index in [-0.39, 0.29) is 24.8 Å². The number of aryl methyl sites for hydroxylation is 2. The molecule has 1 saturated carbocycles. The average molecular weight is 692 g/mol. The molecule has 51 heavy (non-hydrogen) atoms. The molecule has 8 rings (SSSR count). The number of hydrogen-bond acceptors (Lipinski definition) is 7. The van der Waals surface area contributed by atoms with Gasteiger partial charge in [0.05, 0.1) is 18.8 Å². The normalized spacial score (nSPS) is 18.0. The fraction of sp³-hybridized carbons (Fsp3) is 0.500. The number of hydrogen-bond donors (Lipinski definition) is 0. The Morgan fingerprint density at radius 3 is 2.41 bits per heavy atom. The maximum Gasteiger partial charge on any atom is 0.410 e. The summed E-state index contributed by atoms with van der Waals surface area (Å²) in [4.78, 5) is 32.4. The van der Waals surface area contributed by atoms with E-state index in [2.05, 4.69) is 33.0 Å². The minimum atomic E-state index is -0.572. The lowest BCUT2D eigenvalue weighted by Crippen LogP contribution is -2.41. The molecule has 11 heteroatoms. The lowest BCUT2D eigenvalue weighted by atomic mass is 9.91. The highest BCUT2D eigenvalue weighted by atomic mass is 16.6. The van der Waals surface area contributed by atoms with Crippen molar-refractivity contribution in [2.75, 3.05) is 31.1 Å². The molecule has 0 atom stereocenters. The number of piperidine rings is 1. The molecule has 2 fully saturated rings. The first-order valence-corrected chi connectivity index (χ1v) is 18.6. The van der Waals surface area contributed by atoms with Gasteiger partial charge in [0.1, 0.15) is 12.2 Å². The van der Waals surface area contributed by atoms with Crippen molar-refractivity contribution in [3.63, 3.8) is 0 Å². The summed E-state index contributed by atoms with van der Waals surface area (Å²) in [7, 11) is 1.97. The van der Waals surface area contributed by atoms with Gasteiger partial charge in [0, 0.05) is 68.4 Å². The molecule has 268 valence electrons. The number of amides is 2. The summed E-state index contributed by atoms with van der Waals surface area (Å²) in [6.07, 6.45) is 10.3. The van der Waals surface area contributed by atoms with Gasteiger partial charge in [0.25, 0.3) is 0 Å². The molecule has 0 spiro atoms. The van der Waals surface area contributed by atoms with E-state index in [1.165, 1.54) is 46.5 Å². The van der Waals surface area contributed by atoms with Crippen molar-refractivity contribution >= 4 is 23.7 Å². The molecule has 0 N–H and O–H groups in total. The summed E-state index contributed by atoms with van der Waals surface area (Å²) >= 11 is 0. The minimum absolute atomic E-state index is 0.151. The monoisotopic (exact) mass is 691 g/mol. The number of carbonyl (C=O) groups is 2. The van der Waals surface area contributed by atoms with Crippen LogP contribution in [0.25, 0.3) is 11.1 Å². The van der Waals surface area contributed by atoms with Crippen LogP contribution in [0.4, 0.5) is 21.1 Å². The largest absolute Gasteiger partial charge is 0.445 e. The van der Waals surface area contributed by atoms with E-state index in [1.54, 1.807) is 0 Å². The number of benzene rings is 2. The van der Waals surface area contributed by atoms with Gasteiger partial charge in [-0.3, -0.25) is 9.36 Å². The van der Waals surface area contributed by atoms with Crippen LogP contribution in [0.2, 0.25) is 0 Å². The van der Waals surface area contributed by atoms with Gasteiger partial charge in [-0.2, -0.15) is 10.2 Å². The first-order chi connectivity index (χ1) is 24.6. The molecule has 5 heterocycles. The first kappa shape index (κ1) is 33.3. The maximum absolute atomic E-state index is 13.4. The van der Waals surface area contributed by atoms with Crippen LogP contribution in [-0.2, 0) is 42.5 Å². The SMILES string of the molecule is Cn1cc(-c2cc3c(cc2C2CC2)N(c2nn(C4CCN(C(=O)OCc5ccccc5)CC4)c4c2CN(C(=O)OC(C)(C)C)CC4)CCC3)cn1. The van der Waals surface area contributed by atoms with Crippen LogP contribution >= 0.6 is 0 Å². The van der Waals surface area contributed by atoms with E-state index in [1.807, 2.05) is 78.8 Å². The van der Waals surface area contributed by atoms with Crippen LogP contribution in [0.15, 0.2) is 54.9 Å². The van der Waals surface area contributed by atoms with Gasteiger partial charge in [-0.15, -0.1) is 0 Å². The summed E-state index contributed by atoms with van der Waals surface area (Å²) in [6.45, 7) is 9.13. The third-order valence-electron chi connectivity index (χ3n) is 10.6. The van der Waals surface area contributed by atoms with Crippen LogP contribution in [-0.4, -0.2) is 73.3 Å². The lowest BCUT2D eigenvalue weighted by molar-refractivity contribution is 0.0222. The summed E-state index contributed by atoms with van der Waals surface area (Å²) < 4.78 is 15.6. The average Bonchev–Trinajstić information content (AvgIpc) is 3.78. The highest BCUT2D eigenvalue weighted by molar-refractivity contribution is 5.78. The van der Waals surface area contributed by atoms with Crippen LogP contribution < -0.4 is 4.90 Å². The van der Waals surface area contributed by atoms with Crippen LogP contribution in [0.5, 0.6) is 0 Å². The van der Waals surface area contributed by atoms with Gasteiger partial charge < -0.3 is 24.2 Å². The number of carbonyl (C=O) groups excluding carboxylic acids is 2. The Labute approximate surface area is 300 Å². The Bertz CT molecular complexity index is 1910. The second kappa shape index (κ2) is 13.4. The predicted molar refractivity (Wildman–Crippen MR) is 195 cm³/mol. The van der Waals surface area contributed by atoms with Gasteiger partial charge in [0.2, 0.25) is 0 Å².